The molecule has 0 radical (unpaired) electrons. The SMILES string of the molecule is CNCc1sc(-c2ncc(Br)cc2Br)nc1C. The van der Waals surface area contributed by atoms with Crippen molar-refractivity contribution in [2.24, 2.45) is 0 Å². The Kier molecular flexibility index (Phi) is 4.30. The van der Waals surface area contributed by atoms with Crippen LogP contribution >= 0.6 is 43.2 Å². The molecule has 3 nitrogen and oxygen atoms in total. The minimum atomic E-state index is 0.845. The van der Waals surface area contributed by atoms with Gasteiger partial charge in [-0.15, -0.1) is 11.3 Å². The molecule has 0 amide bonds. The van der Waals surface area contributed by atoms with Gasteiger partial charge in [0.1, 0.15) is 10.7 Å². The third-order valence-electron chi connectivity index (χ3n) is 2.24. The minimum Gasteiger partial charge on any atom is -0.315 e. The molecule has 0 aromatic carbocycles. The summed E-state index contributed by atoms with van der Waals surface area (Å²) in [7, 11) is 1.94. The summed E-state index contributed by atoms with van der Waals surface area (Å²) in [4.78, 5) is 10.2. The van der Waals surface area contributed by atoms with Gasteiger partial charge in [0.05, 0.1) is 5.69 Å². The fourth-order valence-electron chi connectivity index (χ4n) is 1.43. The van der Waals surface area contributed by atoms with Gasteiger partial charge >= 0.3 is 0 Å². The molecule has 0 atom stereocenters. The van der Waals surface area contributed by atoms with E-state index in [1.165, 1.54) is 4.88 Å². The molecule has 0 bridgehead atoms. The van der Waals surface area contributed by atoms with Gasteiger partial charge in [-0.1, -0.05) is 0 Å². The summed E-state index contributed by atoms with van der Waals surface area (Å²) in [5, 5.41) is 4.10. The number of nitrogens with zero attached hydrogens (tertiary/aromatic N) is 2. The summed E-state index contributed by atoms with van der Waals surface area (Å²) >= 11 is 8.58. The minimum absolute atomic E-state index is 0.845. The van der Waals surface area contributed by atoms with Crippen molar-refractivity contribution in [2.45, 2.75) is 13.5 Å². The van der Waals surface area contributed by atoms with Crippen LogP contribution in [0.4, 0.5) is 0 Å². The number of hydrogen-bond donors (Lipinski definition) is 1. The standard InChI is InChI=1S/C11H11Br2N3S/c1-6-9(5-14-2)17-11(16-6)10-8(13)3-7(12)4-15-10/h3-4,14H,5H2,1-2H3. The molecule has 2 rings (SSSR count). The number of rotatable bonds is 3. The molecule has 0 saturated heterocycles. The molecule has 0 fully saturated rings. The van der Waals surface area contributed by atoms with E-state index < -0.39 is 0 Å². The third kappa shape index (κ3) is 2.93. The maximum absolute atomic E-state index is 4.56. The second-order valence-corrected chi connectivity index (χ2v) is 6.40. The fourth-order valence-corrected chi connectivity index (χ4v) is 3.82. The molecule has 0 aliphatic heterocycles. The Bertz CT molecular complexity index is 540. The third-order valence-corrected chi connectivity index (χ3v) is 4.44. The normalized spacial score (nSPS) is 10.8. The molecule has 2 heterocycles. The van der Waals surface area contributed by atoms with Gasteiger partial charge in [0, 0.05) is 26.6 Å². The first-order chi connectivity index (χ1) is 8.11. The maximum Gasteiger partial charge on any atom is 0.143 e. The zero-order valence-electron chi connectivity index (χ0n) is 9.42. The molecular weight excluding hydrogens is 366 g/mol. The van der Waals surface area contributed by atoms with Gasteiger partial charge in [0.2, 0.25) is 0 Å². The van der Waals surface area contributed by atoms with E-state index in [1.54, 1.807) is 17.5 Å². The average molecular weight is 377 g/mol. The monoisotopic (exact) mass is 375 g/mol. The lowest BCUT2D eigenvalue weighted by Gasteiger charge is -1.99. The number of pyridine rings is 1. The first-order valence-electron chi connectivity index (χ1n) is 5.04. The van der Waals surface area contributed by atoms with Crippen molar-refractivity contribution in [3.05, 3.63) is 31.8 Å². The molecule has 90 valence electrons. The molecule has 1 N–H and O–H groups in total. The number of nitrogens with one attached hydrogen (secondary N) is 1. The van der Waals surface area contributed by atoms with Gasteiger partial charge in [-0.25, -0.2) is 4.98 Å². The number of aryl methyl sites for hydroxylation is 1. The van der Waals surface area contributed by atoms with E-state index in [2.05, 4.69) is 47.1 Å². The lowest BCUT2D eigenvalue weighted by Crippen LogP contribution is -2.04. The van der Waals surface area contributed by atoms with E-state index in [0.717, 1.165) is 31.9 Å². The molecule has 0 aliphatic rings. The Morgan fingerprint density at radius 2 is 2.18 bits per heavy atom. The molecule has 17 heavy (non-hydrogen) atoms. The first kappa shape index (κ1) is 13.1. The summed E-state index contributed by atoms with van der Waals surface area (Å²) in [6.45, 7) is 2.87. The van der Waals surface area contributed by atoms with Crippen LogP contribution in [0.5, 0.6) is 0 Å². The van der Waals surface area contributed by atoms with Crippen LogP contribution in [0.25, 0.3) is 10.7 Å². The highest BCUT2D eigenvalue weighted by atomic mass is 79.9. The van der Waals surface area contributed by atoms with Gasteiger partial charge in [0.25, 0.3) is 0 Å². The van der Waals surface area contributed by atoms with Crippen LogP contribution in [-0.4, -0.2) is 17.0 Å². The van der Waals surface area contributed by atoms with Crippen LogP contribution in [0.2, 0.25) is 0 Å². The molecular formula is C11H11Br2N3S. The Hall–Kier alpha value is -0.300. The first-order valence-corrected chi connectivity index (χ1v) is 7.44. The van der Waals surface area contributed by atoms with Crippen molar-refractivity contribution in [2.75, 3.05) is 7.05 Å². The summed E-state index contributed by atoms with van der Waals surface area (Å²) in [6.07, 6.45) is 1.79. The maximum atomic E-state index is 4.56. The zero-order chi connectivity index (χ0) is 12.4. The lowest BCUT2D eigenvalue weighted by molar-refractivity contribution is 0.823. The van der Waals surface area contributed by atoms with Crippen molar-refractivity contribution in [1.82, 2.24) is 15.3 Å². The Morgan fingerprint density at radius 3 is 2.82 bits per heavy atom. The van der Waals surface area contributed by atoms with Crippen LogP contribution in [-0.2, 0) is 6.54 Å². The quantitative estimate of drug-likeness (QED) is 0.886. The van der Waals surface area contributed by atoms with Gasteiger partial charge in [0.15, 0.2) is 0 Å². The molecule has 6 heteroatoms. The topological polar surface area (TPSA) is 37.8 Å². The number of hydrogen-bond acceptors (Lipinski definition) is 4. The van der Waals surface area contributed by atoms with Gasteiger partial charge < -0.3 is 5.32 Å². The molecule has 0 unspecified atom stereocenters. The van der Waals surface area contributed by atoms with Crippen LogP contribution in [0, 0.1) is 6.92 Å². The fraction of sp³-hybridized carbons (Fsp3) is 0.273. The Morgan fingerprint density at radius 1 is 1.41 bits per heavy atom. The van der Waals surface area contributed by atoms with E-state index in [-0.39, 0.29) is 0 Å². The van der Waals surface area contributed by atoms with Crippen molar-refractivity contribution in [3.8, 4) is 10.7 Å². The lowest BCUT2D eigenvalue weighted by atomic mass is 10.3. The van der Waals surface area contributed by atoms with E-state index in [9.17, 15) is 0 Å². The largest absolute Gasteiger partial charge is 0.315 e. The van der Waals surface area contributed by atoms with E-state index in [4.69, 9.17) is 0 Å². The Balaban J connectivity index is 2.42. The number of aromatic nitrogens is 2. The predicted molar refractivity (Wildman–Crippen MR) is 78.2 cm³/mol. The van der Waals surface area contributed by atoms with Crippen LogP contribution in [0.1, 0.15) is 10.6 Å². The second kappa shape index (κ2) is 5.56. The van der Waals surface area contributed by atoms with E-state index >= 15 is 0 Å². The molecule has 2 aromatic heterocycles. The summed E-state index contributed by atoms with van der Waals surface area (Å²) in [5.41, 5.74) is 1.96. The Labute approximate surface area is 121 Å². The average Bonchev–Trinajstić information content (AvgIpc) is 2.60. The van der Waals surface area contributed by atoms with Crippen molar-refractivity contribution >= 4 is 43.2 Å². The zero-order valence-corrected chi connectivity index (χ0v) is 13.4. The molecule has 0 saturated carbocycles. The molecule has 2 aromatic rings. The second-order valence-electron chi connectivity index (χ2n) is 3.54. The molecule has 0 spiro atoms. The van der Waals surface area contributed by atoms with Gasteiger partial charge in [-0.2, -0.15) is 0 Å². The van der Waals surface area contributed by atoms with Crippen molar-refractivity contribution in [1.29, 1.82) is 0 Å². The van der Waals surface area contributed by atoms with E-state index in [0.29, 0.717) is 0 Å². The highest BCUT2D eigenvalue weighted by Crippen LogP contribution is 2.32. The van der Waals surface area contributed by atoms with E-state index in [1.807, 2.05) is 20.0 Å². The number of thiazole rings is 1. The highest BCUT2D eigenvalue weighted by Gasteiger charge is 2.12. The summed E-state index contributed by atoms with van der Waals surface area (Å²) in [6, 6.07) is 1.98. The van der Waals surface area contributed by atoms with Crippen molar-refractivity contribution in [3.63, 3.8) is 0 Å². The van der Waals surface area contributed by atoms with Crippen molar-refractivity contribution < 1.29 is 0 Å². The predicted octanol–water partition coefficient (Wildman–Crippen LogP) is 3.76. The summed E-state index contributed by atoms with van der Waals surface area (Å²) in [5.74, 6) is 0. The number of halogens is 2. The van der Waals surface area contributed by atoms with Crippen LogP contribution in [0.15, 0.2) is 21.2 Å². The molecule has 0 aliphatic carbocycles. The van der Waals surface area contributed by atoms with Gasteiger partial charge in [-0.3, -0.25) is 4.98 Å². The summed E-state index contributed by atoms with van der Waals surface area (Å²) < 4.78 is 1.91. The van der Waals surface area contributed by atoms with Gasteiger partial charge in [-0.05, 0) is 51.9 Å². The highest BCUT2D eigenvalue weighted by molar-refractivity contribution is 9.11. The smallest absolute Gasteiger partial charge is 0.143 e. The van der Waals surface area contributed by atoms with Crippen LogP contribution in [0.3, 0.4) is 0 Å². The van der Waals surface area contributed by atoms with Crippen LogP contribution < -0.4 is 5.32 Å².